The second kappa shape index (κ2) is 6.02. The van der Waals surface area contributed by atoms with Crippen LogP contribution in [0, 0.1) is 11.3 Å². The van der Waals surface area contributed by atoms with Crippen molar-refractivity contribution in [3.63, 3.8) is 0 Å². The molecule has 1 rings (SSSR count). The van der Waals surface area contributed by atoms with Crippen molar-refractivity contribution in [1.82, 2.24) is 5.32 Å². The highest BCUT2D eigenvalue weighted by Gasteiger charge is 2.17. The Morgan fingerprint density at radius 3 is 2.47 bits per heavy atom. The summed E-state index contributed by atoms with van der Waals surface area (Å²) in [4.78, 5) is 10.9. The van der Waals surface area contributed by atoms with E-state index >= 15 is 0 Å². The fourth-order valence-corrected chi connectivity index (χ4v) is 1.61. The molecule has 0 spiro atoms. The van der Waals surface area contributed by atoms with Crippen LogP contribution in [0.4, 0.5) is 0 Å². The summed E-state index contributed by atoms with van der Waals surface area (Å²) in [7, 11) is 0. The lowest BCUT2D eigenvalue weighted by Gasteiger charge is -2.19. The first kappa shape index (κ1) is 13.2. The van der Waals surface area contributed by atoms with E-state index in [9.17, 15) is 4.79 Å². The molecular weight excluding hydrogens is 216 g/mol. The number of hydrogen-bond donors (Lipinski definition) is 2. The summed E-state index contributed by atoms with van der Waals surface area (Å²) in [6.07, 6.45) is 0.538. The largest absolute Gasteiger partial charge is 0.480 e. The highest BCUT2D eigenvalue weighted by Crippen LogP contribution is 2.14. The first-order chi connectivity index (χ1) is 8.08. The molecule has 0 unspecified atom stereocenters. The van der Waals surface area contributed by atoms with Crippen molar-refractivity contribution in [3.05, 3.63) is 35.4 Å². The molecule has 0 fully saturated rings. The minimum absolute atomic E-state index is 0.0520. The van der Waals surface area contributed by atoms with Crippen molar-refractivity contribution in [3.8, 4) is 6.07 Å². The third-order valence-corrected chi connectivity index (χ3v) is 2.70. The van der Waals surface area contributed by atoms with Crippen LogP contribution in [-0.4, -0.2) is 17.1 Å². The molecule has 0 saturated carbocycles. The molecule has 90 valence electrons. The smallest absolute Gasteiger partial charge is 0.320 e. The standard InChI is InChI=1S/C13H16N2O2/c1-3-12(13(16)17)15-9(2)11-6-4-10(8-14)5-7-11/h4-7,9,12,15H,3H2,1-2H3,(H,16,17)/t9-,12+/m1/s1. The van der Waals surface area contributed by atoms with Gasteiger partial charge < -0.3 is 5.11 Å². The van der Waals surface area contributed by atoms with Gasteiger partial charge in [-0.15, -0.1) is 0 Å². The molecule has 4 nitrogen and oxygen atoms in total. The molecule has 0 aliphatic heterocycles. The Hall–Kier alpha value is -1.86. The van der Waals surface area contributed by atoms with E-state index in [0.29, 0.717) is 12.0 Å². The van der Waals surface area contributed by atoms with Crippen LogP contribution >= 0.6 is 0 Å². The van der Waals surface area contributed by atoms with Gasteiger partial charge in [0.1, 0.15) is 6.04 Å². The second-order valence-electron chi connectivity index (χ2n) is 3.92. The Balaban J connectivity index is 2.72. The Morgan fingerprint density at radius 2 is 2.06 bits per heavy atom. The number of carboxylic acid groups (broad SMARTS) is 1. The molecule has 0 aliphatic carbocycles. The van der Waals surface area contributed by atoms with Crippen LogP contribution in [0.5, 0.6) is 0 Å². The maximum atomic E-state index is 10.9. The van der Waals surface area contributed by atoms with E-state index in [2.05, 4.69) is 5.32 Å². The predicted octanol–water partition coefficient (Wildman–Crippen LogP) is 2.07. The average molecular weight is 232 g/mol. The third kappa shape index (κ3) is 3.58. The highest BCUT2D eigenvalue weighted by molar-refractivity contribution is 5.73. The van der Waals surface area contributed by atoms with Gasteiger partial charge in [-0.1, -0.05) is 19.1 Å². The van der Waals surface area contributed by atoms with Crippen molar-refractivity contribution >= 4 is 5.97 Å². The van der Waals surface area contributed by atoms with E-state index < -0.39 is 12.0 Å². The van der Waals surface area contributed by atoms with E-state index in [0.717, 1.165) is 5.56 Å². The number of carboxylic acids is 1. The molecule has 0 radical (unpaired) electrons. The van der Waals surface area contributed by atoms with E-state index in [-0.39, 0.29) is 6.04 Å². The fraction of sp³-hybridized carbons (Fsp3) is 0.385. The molecule has 2 atom stereocenters. The van der Waals surface area contributed by atoms with Crippen molar-refractivity contribution in [2.24, 2.45) is 0 Å². The second-order valence-corrected chi connectivity index (χ2v) is 3.92. The summed E-state index contributed by atoms with van der Waals surface area (Å²) >= 11 is 0. The zero-order valence-electron chi connectivity index (χ0n) is 9.97. The Labute approximate surface area is 101 Å². The SMILES string of the molecule is CC[C@H](N[C@H](C)c1ccc(C#N)cc1)C(=O)O. The van der Waals surface area contributed by atoms with Gasteiger partial charge in [0.25, 0.3) is 0 Å². The number of benzene rings is 1. The van der Waals surface area contributed by atoms with Crippen LogP contribution < -0.4 is 5.32 Å². The molecule has 0 heterocycles. The van der Waals surface area contributed by atoms with Gasteiger partial charge in [-0.05, 0) is 31.0 Å². The van der Waals surface area contributed by atoms with E-state index in [4.69, 9.17) is 10.4 Å². The Kier molecular flexibility index (Phi) is 4.68. The first-order valence-corrected chi connectivity index (χ1v) is 5.57. The molecule has 0 aliphatic rings. The zero-order chi connectivity index (χ0) is 12.8. The van der Waals surface area contributed by atoms with Gasteiger partial charge in [0.2, 0.25) is 0 Å². The number of carbonyl (C=O) groups is 1. The summed E-state index contributed by atoms with van der Waals surface area (Å²) in [5, 5.41) is 20.7. The number of nitrogens with zero attached hydrogens (tertiary/aromatic N) is 1. The quantitative estimate of drug-likeness (QED) is 0.815. The van der Waals surface area contributed by atoms with E-state index in [1.807, 2.05) is 32.0 Å². The summed E-state index contributed by atoms with van der Waals surface area (Å²) in [6.45, 7) is 3.74. The Morgan fingerprint density at radius 1 is 1.47 bits per heavy atom. The summed E-state index contributed by atoms with van der Waals surface area (Å²) in [5.74, 6) is -0.840. The third-order valence-electron chi connectivity index (χ3n) is 2.70. The van der Waals surface area contributed by atoms with Crippen LogP contribution in [0.3, 0.4) is 0 Å². The molecule has 0 saturated heterocycles. The molecule has 4 heteroatoms. The van der Waals surface area contributed by atoms with Crippen LogP contribution in [0.15, 0.2) is 24.3 Å². The molecule has 1 aromatic rings. The summed E-state index contributed by atoms with van der Waals surface area (Å²) < 4.78 is 0. The number of hydrogen-bond acceptors (Lipinski definition) is 3. The molecule has 0 bridgehead atoms. The van der Waals surface area contributed by atoms with Crippen molar-refractivity contribution in [2.75, 3.05) is 0 Å². The van der Waals surface area contributed by atoms with Gasteiger partial charge in [0, 0.05) is 6.04 Å². The van der Waals surface area contributed by atoms with Gasteiger partial charge in [-0.25, -0.2) is 0 Å². The number of aliphatic carboxylic acids is 1. The van der Waals surface area contributed by atoms with Gasteiger partial charge >= 0.3 is 5.97 Å². The van der Waals surface area contributed by atoms with E-state index in [1.54, 1.807) is 12.1 Å². The molecule has 0 amide bonds. The van der Waals surface area contributed by atoms with Gasteiger partial charge in [-0.3, -0.25) is 10.1 Å². The van der Waals surface area contributed by atoms with Gasteiger partial charge in [0.15, 0.2) is 0 Å². The monoisotopic (exact) mass is 232 g/mol. The lowest BCUT2D eigenvalue weighted by molar-refractivity contribution is -0.139. The van der Waals surface area contributed by atoms with Crippen molar-refractivity contribution in [2.45, 2.75) is 32.4 Å². The number of nitriles is 1. The van der Waals surface area contributed by atoms with Crippen LogP contribution in [0.2, 0.25) is 0 Å². The number of rotatable bonds is 5. The van der Waals surface area contributed by atoms with E-state index in [1.165, 1.54) is 0 Å². The van der Waals surface area contributed by atoms with Gasteiger partial charge in [0.05, 0.1) is 11.6 Å². The topological polar surface area (TPSA) is 73.1 Å². The average Bonchev–Trinajstić information content (AvgIpc) is 2.35. The molecule has 0 aromatic heterocycles. The first-order valence-electron chi connectivity index (χ1n) is 5.57. The molecular formula is C13H16N2O2. The highest BCUT2D eigenvalue weighted by atomic mass is 16.4. The fourth-order valence-electron chi connectivity index (χ4n) is 1.61. The summed E-state index contributed by atoms with van der Waals surface area (Å²) in [5.41, 5.74) is 1.58. The molecule has 1 aromatic carbocycles. The minimum Gasteiger partial charge on any atom is -0.480 e. The summed E-state index contributed by atoms with van der Waals surface area (Å²) in [6, 6.07) is 8.59. The lowest BCUT2D eigenvalue weighted by atomic mass is 10.0. The normalized spacial score (nSPS) is 13.7. The van der Waals surface area contributed by atoms with Crippen LogP contribution in [0.25, 0.3) is 0 Å². The molecule has 2 N–H and O–H groups in total. The number of nitrogens with one attached hydrogen (secondary N) is 1. The molecule has 17 heavy (non-hydrogen) atoms. The van der Waals surface area contributed by atoms with Crippen LogP contribution in [0.1, 0.15) is 37.4 Å². The van der Waals surface area contributed by atoms with Crippen molar-refractivity contribution < 1.29 is 9.90 Å². The van der Waals surface area contributed by atoms with Crippen molar-refractivity contribution in [1.29, 1.82) is 5.26 Å². The zero-order valence-corrected chi connectivity index (χ0v) is 9.97. The van der Waals surface area contributed by atoms with Crippen LogP contribution in [-0.2, 0) is 4.79 Å². The maximum absolute atomic E-state index is 10.9. The lowest BCUT2D eigenvalue weighted by Crippen LogP contribution is -2.37. The predicted molar refractivity (Wildman–Crippen MR) is 64.4 cm³/mol. The minimum atomic E-state index is -0.840. The Bertz CT molecular complexity index is 420. The maximum Gasteiger partial charge on any atom is 0.320 e. The van der Waals surface area contributed by atoms with Gasteiger partial charge in [-0.2, -0.15) is 5.26 Å².